The van der Waals surface area contributed by atoms with Gasteiger partial charge in [-0.15, -0.1) is 0 Å². The lowest BCUT2D eigenvalue weighted by Gasteiger charge is -2.37. The average Bonchev–Trinajstić information content (AvgIpc) is 1.62. The van der Waals surface area contributed by atoms with Gasteiger partial charge in [-0.3, -0.25) is 0 Å². The van der Waals surface area contributed by atoms with E-state index in [0.29, 0.717) is 0 Å². The van der Waals surface area contributed by atoms with E-state index < -0.39 is 11.8 Å². The second kappa shape index (κ2) is 1.68. The normalized spacial score (nSPS) is 41.8. The molecule has 1 rings (SSSR count). The van der Waals surface area contributed by atoms with Gasteiger partial charge in [0.15, 0.2) is 0 Å². The molecule has 1 fully saturated rings. The molecule has 0 aromatic rings. The molecule has 4 heteroatoms. The summed E-state index contributed by atoms with van der Waals surface area (Å²) in [6.45, 7) is 1.71. The van der Waals surface area contributed by atoms with Crippen molar-refractivity contribution in [3.8, 4) is 0 Å². The summed E-state index contributed by atoms with van der Waals surface area (Å²) in [6, 6.07) is 0. The standard InChI is InChI=1S/C5H8O4/c1-3-2-5(8,9-3)4(6)7/h3,8H,2H2,1H3,(H,6,7). The summed E-state index contributed by atoms with van der Waals surface area (Å²) in [5.41, 5.74) is 0. The van der Waals surface area contributed by atoms with Crippen molar-refractivity contribution < 1.29 is 19.7 Å². The van der Waals surface area contributed by atoms with Crippen LogP contribution in [0.4, 0.5) is 0 Å². The lowest BCUT2D eigenvalue weighted by Crippen LogP contribution is -2.54. The van der Waals surface area contributed by atoms with E-state index in [2.05, 4.69) is 4.74 Å². The van der Waals surface area contributed by atoms with E-state index in [9.17, 15) is 4.79 Å². The van der Waals surface area contributed by atoms with Crippen molar-refractivity contribution in [1.82, 2.24) is 0 Å². The minimum absolute atomic E-state index is 0.133. The van der Waals surface area contributed by atoms with Crippen LogP contribution < -0.4 is 0 Å². The zero-order valence-corrected chi connectivity index (χ0v) is 5.00. The van der Waals surface area contributed by atoms with Gasteiger partial charge < -0.3 is 14.9 Å². The summed E-state index contributed by atoms with van der Waals surface area (Å²) in [4.78, 5) is 10.1. The molecule has 2 N–H and O–H groups in total. The first kappa shape index (κ1) is 6.51. The van der Waals surface area contributed by atoms with Crippen molar-refractivity contribution in [1.29, 1.82) is 0 Å². The number of hydrogen-bond donors (Lipinski definition) is 2. The molecule has 1 saturated heterocycles. The van der Waals surface area contributed by atoms with Gasteiger partial charge in [-0.25, -0.2) is 4.79 Å². The Hall–Kier alpha value is -0.610. The molecule has 9 heavy (non-hydrogen) atoms. The largest absolute Gasteiger partial charge is 0.477 e. The highest BCUT2D eigenvalue weighted by Gasteiger charge is 2.48. The lowest BCUT2D eigenvalue weighted by atomic mass is 10.0. The number of carboxylic acids is 1. The average molecular weight is 132 g/mol. The summed E-state index contributed by atoms with van der Waals surface area (Å²) in [6.07, 6.45) is 0.0496. The third kappa shape index (κ3) is 0.906. The number of carboxylic acid groups (broad SMARTS) is 1. The van der Waals surface area contributed by atoms with Gasteiger partial charge in [0.05, 0.1) is 6.10 Å². The molecule has 1 aliphatic heterocycles. The summed E-state index contributed by atoms with van der Waals surface area (Å²) in [5, 5.41) is 17.1. The highest BCUT2D eigenvalue weighted by atomic mass is 16.7. The smallest absolute Gasteiger partial charge is 0.364 e. The minimum Gasteiger partial charge on any atom is -0.477 e. The molecule has 0 radical (unpaired) electrons. The highest BCUT2D eigenvalue weighted by Crippen LogP contribution is 2.29. The van der Waals surface area contributed by atoms with Crippen molar-refractivity contribution in [2.75, 3.05) is 0 Å². The van der Waals surface area contributed by atoms with Crippen LogP contribution in [0.3, 0.4) is 0 Å². The summed E-state index contributed by atoms with van der Waals surface area (Å²) >= 11 is 0. The zero-order valence-electron chi connectivity index (χ0n) is 5.00. The number of ether oxygens (including phenoxy) is 1. The fraction of sp³-hybridized carbons (Fsp3) is 0.800. The molecule has 0 aromatic heterocycles. The fourth-order valence-corrected chi connectivity index (χ4v) is 0.851. The Morgan fingerprint density at radius 3 is 2.44 bits per heavy atom. The number of aliphatic carboxylic acids is 1. The van der Waals surface area contributed by atoms with Crippen LogP contribution in [0.2, 0.25) is 0 Å². The van der Waals surface area contributed by atoms with Crippen LogP contribution in [0.1, 0.15) is 13.3 Å². The van der Waals surface area contributed by atoms with Crippen molar-refractivity contribution in [3.63, 3.8) is 0 Å². The number of aliphatic hydroxyl groups is 1. The van der Waals surface area contributed by atoms with Gasteiger partial charge in [-0.2, -0.15) is 0 Å². The van der Waals surface area contributed by atoms with Gasteiger partial charge >= 0.3 is 5.97 Å². The van der Waals surface area contributed by atoms with Crippen LogP contribution >= 0.6 is 0 Å². The van der Waals surface area contributed by atoms with Gasteiger partial charge in [-0.1, -0.05) is 0 Å². The second-order valence-corrected chi connectivity index (χ2v) is 2.22. The van der Waals surface area contributed by atoms with Gasteiger partial charge in [0.1, 0.15) is 0 Å². The Bertz CT molecular complexity index is 136. The van der Waals surface area contributed by atoms with E-state index in [-0.39, 0.29) is 12.5 Å². The second-order valence-electron chi connectivity index (χ2n) is 2.22. The predicted octanol–water partition coefficient (Wildman–Crippen LogP) is -0.432. The Balaban J connectivity index is 2.50. The molecule has 1 aliphatic rings. The molecule has 2 unspecified atom stereocenters. The van der Waals surface area contributed by atoms with Crippen LogP contribution in [0.15, 0.2) is 0 Å². The first-order valence-electron chi connectivity index (χ1n) is 2.68. The molecular formula is C5H8O4. The van der Waals surface area contributed by atoms with Crippen LogP contribution in [0, 0.1) is 0 Å². The molecule has 4 nitrogen and oxygen atoms in total. The Morgan fingerprint density at radius 1 is 1.89 bits per heavy atom. The minimum atomic E-state index is -1.89. The van der Waals surface area contributed by atoms with E-state index in [1.54, 1.807) is 6.92 Å². The molecule has 2 atom stereocenters. The van der Waals surface area contributed by atoms with E-state index in [1.165, 1.54) is 0 Å². The van der Waals surface area contributed by atoms with Crippen molar-refractivity contribution in [2.45, 2.75) is 25.2 Å². The lowest BCUT2D eigenvalue weighted by molar-refractivity contribution is -0.305. The van der Waals surface area contributed by atoms with E-state index in [4.69, 9.17) is 10.2 Å². The summed E-state index contributed by atoms with van der Waals surface area (Å²) in [7, 11) is 0. The molecular weight excluding hydrogens is 124 g/mol. The van der Waals surface area contributed by atoms with E-state index in [1.807, 2.05) is 0 Å². The topological polar surface area (TPSA) is 66.8 Å². The molecule has 0 aliphatic carbocycles. The number of carbonyl (C=O) groups is 1. The molecule has 1 heterocycles. The molecule has 52 valence electrons. The first-order chi connectivity index (χ1) is 4.04. The zero-order chi connectivity index (χ0) is 7.07. The van der Waals surface area contributed by atoms with Crippen molar-refractivity contribution >= 4 is 5.97 Å². The quantitative estimate of drug-likeness (QED) is 0.508. The Morgan fingerprint density at radius 2 is 2.33 bits per heavy atom. The van der Waals surface area contributed by atoms with Crippen molar-refractivity contribution in [2.24, 2.45) is 0 Å². The first-order valence-corrected chi connectivity index (χ1v) is 2.68. The monoisotopic (exact) mass is 132 g/mol. The van der Waals surface area contributed by atoms with E-state index >= 15 is 0 Å². The van der Waals surface area contributed by atoms with E-state index in [0.717, 1.165) is 0 Å². The predicted molar refractivity (Wildman–Crippen MR) is 27.7 cm³/mol. The Labute approximate surface area is 52.1 Å². The maximum absolute atomic E-state index is 10.1. The third-order valence-corrected chi connectivity index (χ3v) is 1.29. The molecule has 0 saturated carbocycles. The number of rotatable bonds is 1. The molecule has 0 bridgehead atoms. The van der Waals surface area contributed by atoms with Crippen LogP contribution in [-0.4, -0.2) is 28.1 Å². The van der Waals surface area contributed by atoms with Gasteiger partial charge in [0, 0.05) is 6.42 Å². The molecule has 0 spiro atoms. The van der Waals surface area contributed by atoms with Gasteiger partial charge in [0.25, 0.3) is 5.79 Å². The SMILES string of the molecule is CC1CC(O)(C(=O)O)O1. The van der Waals surface area contributed by atoms with Gasteiger partial charge in [0.2, 0.25) is 0 Å². The molecule has 0 amide bonds. The van der Waals surface area contributed by atoms with Crippen LogP contribution in [0.5, 0.6) is 0 Å². The maximum Gasteiger partial charge on any atom is 0.364 e. The summed E-state index contributed by atoms with van der Waals surface area (Å²) < 4.78 is 4.54. The highest BCUT2D eigenvalue weighted by molar-refractivity contribution is 5.76. The summed E-state index contributed by atoms with van der Waals surface area (Å²) in [5.74, 6) is -3.19. The molecule has 0 aromatic carbocycles. The van der Waals surface area contributed by atoms with Gasteiger partial charge in [-0.05, 0) is 6.92 Å². The van der Waals surface area contributed by atoms with Crippen LogP contribution in [0.25, 0.3) is 0 Å². The van der Waals surface area contributed by atoms with Crippen LogP contribution in [-0.2, 0) is 9.53 Å². The number of hydrogen-bond acceptors (Lipinski definition) is 3. The van der Waals surface area contributed by atoms with Crippen molar-refractivity contribution in [3.05, 3.63) is 0 Å². The maximum atomic E-state index is 10.1. The third-order valence-electron chi connectivity index (χ3n) is 1.29. The fourth-order valence-electron chi connectivity index (χ4n) is 0.851. The Kier molecular flexibility index (Phi) is 1.22.